The van der Waals surface area contributed by atoms with Gasteiger partial charge in [0.2, 0.25) is 5.78 Å². The van der Waals surface area contributed by atoms with E-state index in [1.807, 2.05) is 25.3 Å². The Balaban J connectivity index is 2.55. The summed E-state index contributed by atoms with van der Waals surface area (Å²) in [6.45, 7) is 7.99. The minimum Gasteiger partial charge on any atom is -0.467 e. The number of rotatable bonds is 3. The molecule has 0 amide bonds. The number of carbonyl (C=O) groups excluding carboxylic acids is 1. The number of carbonyl (C=O) groups is 1. The largest absolute Gasteiger partial charge is 0.467 e. The maximum Gasteiger partial charge on any atom is 0.333 e. The maximum absolute atomic E-state index is 13.1. The highest BCUT2D eigenvalue weighted by molar-refractivity contribution is 5.78. The van der Waals surface area contributed by atoms with E-state index >= 15 is 0 Å². The minimum absolute atomic E-state index is 0.278. The fourth-order valence-electron chi connectivity index (χ4n) is 3.28. The lowest BCUT2D eigenvalue weighted by Gasteiger charge is -2.13. The van der Waals surface area contributed by atoms with Gasteiger partial charge in [0.1, 0.15) is 6.04 Å². The molecule has 1 atom stereocenters. The molecule has 9 heteroatoms. The Hall–Kier alpha value is -2.84. The Kier molecular flexibility index (Phi) is 3.81. The van der Waals surface area contributed by atoms with Gasteiger partial charge in [-0.3, -0.25) is 13.8 Å². The van der Waals surface area contributed by atoms with Gasteiger partial charge in [-0.15, -0.1) is 0 Å². The van der Waals surface area contributed by atoms with E-state index in [0.29, 0.717) is 18.0 Å². The number of methoxy groups -OCH3 is 1. The molecular weight excluding hydrogens is 326 g/mol. The normalized spacial score (nSPS) is 12.9. The molecular formula is C16H21N5O4. The summed E-state index contributed by atoms with van der Waals surface area (Å²) in [5.41, 5.74) is 1.28. The van der Waals surface area contributed by atoms with Crippen LogP contribution in [0.3, 0.4) is 0 Å². The van der Waals surface area contributed by atoms with Crippen molar-refractivity contribution in [3.63, 3.8) is 0 Å². The van der Waals surface area contributed by atoms with E-state index in [1.54, 1.807) is 4.40 Å². The van der Waals surface area contributed by atoms with Gasteiger partial charge < -0.3 is 9.30 Å². The Morgan fingerprint density at radius 2 is 1.88 bits per heavy atom. The number of imidazole rings is 2. The van der Waals surface area contributed by atoms with E-state index in [0.717, 1.165) is 16.0 Å². The van der Waals surface area contributed by atoms with Crippen LogP contribution in [0, 0.1) is 13.8 Å². The summed E-state index contributed by atoms with van der Waals surface area (Å²) >= 11 is 0. The molecule has 0 aliphatic carbocycles. The van der Waals surface area contributed by atoms with Crippen LogP contribution in [0.15, 0.2) is 9.59 Å². The summed E-state index contributed by atoms with van der Waals surface area (Å²) in [5.74, 6) is -0.0542. The van der Waals surface area contributed by atoms with Crippen LogP contribution in [-0.2, 0) is 23.1 Å². The van der Waals surface area contributed by atoms with Crippen LogP contribution >= 0.6 is 0 Å². The second kappa shape index (κ2) is 5.61. The van der Waals surface area contributed by atoms with Gasteiger partial charge in [0.25, 0.3) is 5.56 Å². The van der Waals surface area contributed by atoms with Crippen LogP contribution in [0.5, 0.6) is 0 Å². The van der Waals surface area contributed by atoms with Crippen molar-refractivity contribution in [3.8, 4) is 0 Å². The van der Waals surface area contributed by atoms with Gasteiger partial charge in [0, 0.05) is 25.0 Å². The van der Waals surface area contributed by atoms with E-state index in [2.05, 4.69) is 9.72 Å². The van der Waals surface area contributed by atoms with E-state index in [-0.39, 0.29) is 5.52 Å². The SMILES string of the molecule is CCn1c(C)c(C)n2c3c(=O)n([C@@H](C)C(=O)OC)c(=O)n(C)c3nc12. The number of fused-ring (bicyclic) bond motifs is 3. The van der Waals surface area contributed by atoms with Crippen LogP contribution in [0.4, 0.5) is 0 Å². The number of nitrogens with zero attached hydrogens (tertiary/aromatic N) is 5. The molecule has 9 nitrogen and oxygen atoms in total. The summed E-state index contributed by atoms with van der Waals surface area (Å²) in [6, 6.07) is -1.03. The standard InChI is InChI=1S/C16H21N5O4/c1-7-19-8(2)9(3)20-11-12(17-15(19)20)18(5)16(24)21(13(11)22)10(4)14(23)25-6/h10H,7H2,1-6H3/t10-/m0/s1. The van der Waals surface area contributed by atoms with Gasteiger partial charge >= 0.3 is 11.7 Å². The van der Waals surface area contributed by atoms with Crippen LogP contribution in [0.2, 0.25) is 0 Å². The van der Waals surface area contributed by atoms with Gasteiger partial charge in [-0.25, -0.2) is 14.2 Å². The van der Waals surface area contributed by atoms with Gasteiger partial charge in [0.05, 0.1) is 7.11 Å². The molecule has 0 saturated heterocycles. The lowest BCUT2D eigenvalue weighted by molar-refractivity contribution is -0.144. The van der Waals surface area contributed by atoms with Gasteiger partial charge in [-0.1, -0.05) is 0 Å². The third-order valence-electron chi connectivity index (χ3n) is 4.82. The molecule has 0 spiro atoms. The minimum atomic E-state index is -1.03. The zero-order valence-electron chi connectivity index (χ0n) is 15.2. The third-order valence-corrected chi connectivity index (χ3v) is 4.82. The van der Waals surface area contributed by atoms with Gasteiger partial charge in [0.15, 0.2) is 11.2 Å². The number of ether oxygens (including phenoxy) is 1. The molecule has 3 heterocycles. The predicted octanol–water partition coefficient (Wildman–Crippen LogP) is 0.520. The first-order chi connectivity index (χ1) is 11.8. The highest BCUT2D eigenvalue weighted by atomic mass is 16.5. The van der Waals surface area contributed by atoms with Gasteiger partial charge in [-0.05, 0) is 27.7 Å². The lowest BCUT2D eigenvalue weighted by atomic mass is 10.3. The van der Waals surface area contributed by atoms with E-state index in [4.69, 9.17) is 0 Å². The highest BCUT2D eigenvalue weighted by Gasteiger charge is 2.26. The molecule has 3 rings (SSSR count). The van der Waals surface area contributed by atoms with E-state index in [1.165, 1.54) is 25.6 Å². The summed E-state index contributed by atoms with van der Waals surface area (Å²) in [4.78, 5) is 42.1. The van der Waals surface area contributed by atoms with Crippen molar-refractivity contribution < 1.29 is 9.53 Å². The first kappa shape index (κ1) is 17.0. The molecule has 0 fully saturated rings. The Morgan fingerprint density at radius 3 is 2.44 bits per heavy atom. The fourth-order valence-corrected chi connectivity index (χ4v) is 3.28. The molecule has 0 radical (unpaired) electrons. The maximum atomic E-state index is 13.1. The molecule has 25 heavy (non-hydrogen) atoms. The number of aromatic nitrogens is 5. The zero-order chi connectivity index (χ0) is 18.6. The van der Waals surface area contributed by atoms with Crippen molar-refractivity contribution in [2.75, 3.05) is 7.11 Å². The number of esters is 1. The highest BCUT2D eigenvalue weighted by Crippen LogP contribution is 2.20. The van der Waals surface area contributed by atoms with E-state index < -0.39 is 23.3 Å². The van der Waals surface area contributed by atoms with Gasteiger partial charge in [-0.2, -0.15) is 4.98 Å². The third kappa shape index (κ3) is 2.08. The topological polar surface area (TPSA) is 92.5 Å². The second-order valence-corrected chi connectivity index (χ2v) is 6.05. The molecule has 0 unspecified atom stereocenters. The van der Waals surface area contributed by atoms with Crippen molar-refractivity contribution in [2.24, 2.45) is 7.05 Å². The molecule has 0 aliphatic rings. The molecule has 0 aromatic carbocycles. The summed E-state index contributed by atoms with van der Waals surface area (Å²) in [7, 11) is 2.76. The molecule has 0 aliphatic heterocycles. The quantitative estimate of drug-likeness (QED) is 0.644. The average molecular weight is 347 g/mol. The van der Waals surface area contributed by atoms with Crippen LogP contribution in [-0.4, -0.2) is 36.2 Å². The predicted molar refractivity (Wildman–Crippen MR) is 92.1 cm³/mol. The molecule has 3 aromatic heterocycles. The van der Waals surface area contributed by atoms with Crippen molar-refractivity contribution in [2.45, 2.75) is 40.3 Å². The summed E-state index contributed by atoms with van der Waals surface area (Å²) in [5, 5.41) is 0. The van der Waals surface area contributed by atoms with Crippen molar-refractivity contribution >= 4 is 22.9 Å². The molecule has 0 saturated carbocycles. The molecule has 0 N–H and O–H groups in total. The first-order valence-corrected chi connectivity index (χ1v) is 8.03. The fraction of sp³-hybridized carbons (Fsp3) is 0.500. The average Bonchev–Trinajstić information content (AvgIpc) is 3.08. The summed E-state index contributed by atoms with van der Waals surface area (Å²) < 4.78 is 10.6. The number of hydrogen-bond acceptors (Lipinski definition) is 5. The summed E-state index contributed by atoms with van der Waals surface area (Å²) in [6.07, 6.45) is 0. The lowest BCUT2D eigenvalue weighted by Crippen LogP contribution is -2.43. The first-order valence-electron chi connectivity index (χ1n) is 8.03. The smallest absolute Gasteiger partial charge is 0.333 e. The van der Waals surface area contributed by atoms with Crippen molar-refractivity contribution in [3.05, 3.63) is 32.2 Å². The molecule has 3 aromatic rings. The monoisotopic (exact) mass is 347 g/mol. The Morgan fingerprint density at radius 1 is 1.24 bits per heavy atom. The van der Waals surface area contributed by atoms with Crippen LogP contribution < -0.4 is 11.2 Å². The zero-order valence-corrected chi connectivity index (χ0v) is 15.2. The molecule has 134 valence electrons. The number of aryl methyl sites for hydroxylation is 3. The molecule has 0 bridgehead atoms. The van der Waals surface area contributed by atoms with Crippen molar-refractivity contribution in [1.82, 2.24) is 23.1 Å². The Bertz CT molecular complexity index is 1130. The van der Waals surface area contributed by atoms with Crippen molar-refractivity contribution in [1.29, 1.82) is 0 Å². The Labute approximate surface area is 143 Å². The number of hydrogen-bond donors (Lipinski definition) is 0. The second-order valence-electron chi connectivity index (χ2n) is 6.05. The van der Waals surface area contributed by atoms with Crippen LogP contribution in [0.25, 0.3) is 16.9 Å². The van der Waals surface area contributed by atoms with E-state index in [9.17, 15) is 14.4 Å². The van der Waals surface area contributed by atoms with Crippen LogP contribution in [0.1, 0.15) is 31.3 Å².